The summed E-state index contributed by atoms with van der Waals surface area (Å²) in [6.07, 6.45) is 0.549. The molecule has 0 aliphatic heterocycles. The van der Waals surface area contributed by atoms with Crippen LogP contribution >= 0.6 is 11.3 Å². The molecule has 2 aromatic rings. The zero-order valence-electron chi connectivity index (χ0n) is 11.3. The van der Waals surface area contributed by atoms with Gasteiger partial charge in [0.2, 0.25) is 0 Å². The van der Waals surface area contributed by atoms with Crippen molar-refractivity contribution in [2.24, 2.45) is 0 Å². The Morgan fingerprint density at radius 1 is 1.21 bits per heavy atom. The Labute approximate surface area is 117 Å². The highest BCUT2D eigenvalue weighted by molar-refractivity contribution is 7.09. The van der Waals surface area contributed by atoms with Crippen molar-refractivity contribution in [3.8, 4) is 0 Å². The molecule has 0 aliphatic rings. The van der Waals surface area contributed by atoms with Gasteiger partial charge >= 0.3 is 0 Å². The van der Waals surface area contributed by atoms with Crippen molar-refractivity contribution in [2.75, 3.05) is 13.2 Å². The first kappa shape index (κ1) is 14.2. The van der Waals surface area contributed by atoms with Gasteiger partial charge in [-0.1, -0.05) is 29.8 Å². The maximum atomic E-state index is 9.80. The number of benzene rings is 1. The van der Waals surface area contributed by atoms with E-state index in [0.717, 1.165) is 21.8 Å². The molecule has 3 nitrogen and oxygen atoms in total. The number of thiazole rings is 1. The highest BCUT2D eigenvalue weighted by Gasteiger charge is 2.32. The number of aromatic nitrogens is 1. The third-order valence-electron chi connectivity index (χ3n) is 3.42. The Morgan fingerprint density at radius 2 is 1.95 bits per heavy atom. The Morgan fingerprint density at radius 3 is 2.47 bits per heavy atom. The molecule has 0 saturated heterocycles. The molecule has 0 radical (unpaired) electrons. The van der Waals surface area contributed by atoms with E-state index < -0.39 is 5.41 Å². The fraction of sp³-hybridized carbons (Fsp3) is 0.400. The standard InChI is InChI=1S/C15H19NO2S/c1-11-4-3-5-13(6-11)15(9-17,10-18)7-14-8-19-12(2)16-14/h3-6,8,17-18H,7,9-10H2,1-2H3. The molecule has 19 heavy (non-hydrogen) atoms. The number of aliphatic hydroxyl groups excluding tert-OH is 2. The zero-order valence-corrected chi connectivity index (χ0v) is 12.1. The molecule has 0 aliphatic carbocycles. The summed E-state index contributed by atoms with van der Waals surface area (Å²) in [5.74, 6) is 0. The third-order valence-corrected chi connectivity index (χ3v) is 4.24. The molecular weight excluding hydrogens is 258 g/mol. The number of hydrogen-bond donors (Lipinski definition) is 2. The van der Waals surface area contributed by atoms with Crippen LogP contribution in [-0.2, 0) is 11.8 Å². The molecule has 0 bridgehead atoms. The van der Waals surface area contributed by atoms with E-state index in [1.807, 2.05) is 43.5 Å². The lowest BCUT2D eigenvalue weighted by atomic mass is 9.77. The molecule has 0 saturated carbocycles. The topological polar surface area (TPSA) is 53.4 Å². The van der Waals surface area contributed by atoms with E-state index in [1.54, 1.807) is 11.3 Å². The molecule has 1 heterocycles. The summed E-state index contributed by atoms with van der Waals surface area (Å²) in [7, 11) is 0. The number of nitrogens with zero attached hydrogens (tertiary/aromatic N) is 1. The molecule has 0 unspecified atom stereocenters. The second kappa shape index (κ2) is 5.82. The van der Waals surface area contributed by atoms with Crippen LogP contribution in [0.15, 0.2) is 29.6 Å². The van der Waals surface area contributed by atoms with E-state index >= 15 is 0 Å². The smallest absolute Gasteiger partial charge is 0.0897 e. The van der Waals surface area contributed by atoms with E-state index in [-0.39, 0.29) is 13.2 Å². The van der Waals surface area contributed by atoms with E-state index in [2.05, 4.69) is 4.98 Å². The first-order chi connectivity index (χ1) is 9.09. The molecule has 102 valence electrons. The summed E-state index contributed by atoms with van der Waals surface area (Å²) in [6.45, 7) is 3.78. The Hall–Kier alpha value is -1.23. The minimum Gasteiger partial charge on any atom is -0.395 e. The lowest BCUT2D eigenvalue weighted by Gasteiger charge is -2.30. The van der Waals surface area contributed by atoms with E-state index in [4.69, 9.17) is 0 Å². The molecule has 2 N–H and O–H groups in total. The molecule has 4 heteroatoms. The Bertz CT molecular complexity index is 547. The van der Waals surface area contributed by atoms with Crippen LogP contribution in [0.3, 0.4) is 0 Å². The predicted octanol–water partition coefficient (Wildman–Crippen LogP) is 2.23. The van der Waals surface area contributed by atoms with Gasteiger partial charge in [0.15, 0.2) is 0 Å². The molecular formula is C15H19NO2S. The highest BCUT2D eigenvalue weighted by atomic mass is 32.1. The number of aliphatic hydroxyl groups is 2. The van der Waals surface area contributed by atoms with E-state index in [1.165, 1.54) is 0 Å². The maximum absolute atomic E-state index is 9.80. The zero-order chi connectivity index (χ0) is 13.9. The second-order valence-corrected chi connectivity index (χ2v) is 6.06. The number of aryl methyl sites for hydroxylation is 2. The lowest BCUT2D eigenvalue weighted by molar-refractivity contribution is 0.115. The fourth-order valence-electron chi connectivity index (χ4n) is 2.26. The van der Waals surface area contributed by atoms with Gasteiger partial charge in [-0.2, -0.15) is 0 Å². The van der Waals surface area contributed by atoms with Gasteiger partial charge in [-0.05, 0) is 19.4 Å². The number of hydrogen-bond acceptors (Lipinski definition) is 4. The van der Waals surface area contributed by atoms with Crippen molar-refractivity contribution in [3.63, 3.8) is 0 Å². The largest absolute Gasteiger partial charge is 0.395 e. The molecule has 1 aromatic carbocycles. The second-order valence-electron chi connectivity index (χ2n) is 5.00. The minimum absolute atomic E-state index is 0.0937. The first-order valence-corrected chi connectivity index (χ1v) is 7.17. The summed E-state index contributed by atoms with van der Waals surface area (Å²) in [5.41, 5.74) is 2.35. The van der Waals surface area contributed by atoms with Gasteiger partial charge in [-0.15, -0.1) is 11.3 Å². The predicted molar refractivity (Wildman–Crippen MR) is 77.6 cm³/mol. The molecule has 0 fully saturated rings. The van der Waals surface area contributed by atoms with E-state index in [9.17, 15) is 10.2 Å². The third kappa shape index (κ3) is 3.03. The summed E-state index contributed by atoms with van der Waals surface area (Å²) in [4.78, 5) is 4.44. The lowest BCUT2D eigenvalue weighted by Crippen LogP contribution is -2.37. The summed E-state index contributed by atoms with van der Waals surface area (Å²) < 4.78 is 0. The van der Waals surface area contributed by atoms with Crippen LogP contribution in [0.25, 0.3) is 0 Å². The van der Waals surface area contributed by atoms with Crippen LogP contribution < -0.4 is 0 Å². The molecule has 2 rings (SSSR count). The molecule has 0 spiro atoms. The normalized spacial score (nSPS) is 11.8. The molecule has 0 atom stereocenters. The van der Waals surface area contributed by atoms with Crippen molar-refractivity contribution in [1.82, 2.24) is 4.98 Å². The van der Waals surface area contributed by atoms with Gasteiger partial charge < -0.3 is 10.2 Å². The van der Waals surface area contributed by atoms with Crippen molar-refractivity contribution < 1.29 is 10.2 Å². The van der Waals surface area contributed by atoms with Crippen LogP contribution in [-0.4, -0.2) is 28.4 Å². The number of rotatable bonds is 5. The van der Waals surface area contributed by atoms with Gasteiger partial charge in [0.1, 0.15) is 0 Å². The summed E-state index contributed by atoms with van der Waals surface area (Å²) in [6, 6.07) is 7.94. The fourth-order valence-corrected chi connectivity index (χ4v) is 2.87. The summed E-state index contributed by atoms with van der Waals surface area (Å²) >= 11 is 1.59. The van der Waals surface area contributed by atoms with Crippen LogP contribution in [0.5, 0.6) is 0 Å². The van der Waals surface area contributed by atoms with Crippen molar-refractivity contribution in [2.45, 2.75) is 25.7 Å². The maximum Gasteiger partial charge on any atom is 0.0897 e. The van der Waals surface area contributed by atoms with Crippen molar-refractivity contribution >= 4 is 11.3 Å². The Balaban J connectivity index is 2.37. The van der Waals surface area contributed by atoms with Gasteiger partial charge in [-0.25, -0.2) is 4.98 Å². The minimum atomic E-state index is -0.660. The average molecular weight is 277 g/mol. The average Bonchev–Trinajstić information content (AvgIpc) is 2.81. The SMILES string of the molecule is Cc1cccc(C(CO)(CO)Cc2csc(C)n2)c1. The highest BCUT2D eigenvalue weighted by Crippen LogP contribution is 2.29. The molecule has 0 amide bonds. The van der Waals surface area contributed by atoms with Crippen molar-refractivity contribution in [1.29, 1.82) is 0 Å². The van der Waals surface area contributed by atoms with Gasteiger partial charge in [-0.3, -0.25) is 0 Å². The van der Waals surface area contributed by atoms with Gasteiger partial charge in [0.25, 0.3) is 0 Å². The molecule has 1 aromatic heterocycles. The van der Waals surface area contributed by atoms with E-state index in [0.29, 0.717) is 6.42 Å². The van der Waals surface area contributed by atoms with Crippen LogP contribution in [0.1, 0.15) is 21.8 Å². The first-order valence-electron chi connectivity index (χ1n) is 6.29. The monoisotopic (exact) mass is 277 g/mol. The summed E-state index contributed by atoms with van der Waals surface area (Å²) in [5, 5.41) is 22.6. The van der Waals surface area contributed by atoms with Crippen LogP contribution in [0, 0.1) is 13.8 Å². The van der Waals surface area contributed by atoms with Gasteiger partial charge in [0, 0.05) is 17.2 Å². The van der Waals surface area contributed by atoms with Crippen LogP contribution in [0.2, 0.25) is 0 Å². The quantitative estimate of drug-likeness (QED) is 0.881. The van der Waals surface area contributed by atoms with Crippen molar-refractivity contribution in [3.05, 3.63) is 51.5 Å². The van der Waals surface area contributed by atoms with Gasteiger partial charge in [0.05, 0.1) is 23.9 Å². The Kier molecular flexibility index (Phi) is 4.34. The van der Waals surface area contributed by atoms with Crippen LogP contribution in [0.4, 0.5) is 0 Å².